The normalized spacial score (nSPS) is 14.6. The molecule has 0 saturated heterocycles. The quantitative estimate of drug-likeness (QED) is 0.0169. The van der Waals surface area contributed by atoms with Gasteiger partial charge in [0.05, 0.1) is 26.4 Å². The zero-order valence-electron chi connectivity index (χ0n) is 65.2. The van der Waals surface area contributed by atoms with Gasteiger partial charge in [-0.3, -0.25) is 37.3 Å². The monoisotopic (exact) mass is 1500 g/mol. The molecule has 5 atom stereocenters. The minimum absolute atomic E-state index is 0.0735. The van der Waals surface area contributed by atoms with Gasteiger partial charge in [0.2, 0.25) is 0 Å². The fraction of sp³-hybridized carbons (Fsp3) is 0.694. The first-order valence-electron chi connectivity index (χ1n) is 40.4. The predicted molar refractivity (Wildman–Crippen MR) is 427 cm³/mol. The summed E-state index contributed by atoms with van der Waals surface area (Å²) in [5, 5.41) is 10.6. The third-order valence-corrected chi connectivity index (χ3v) is 18.5. The zero-order chi connectivity index (χ0) is 76.0. The molecule has 0 aromatic heterocycles. The van der Waals surface area contributed by atoms with E-state index in [9.17, 15) is 43.2 Å². The number of aliphatic hydroxyl groups excluding tert-OH is 1. The summed E-state index contributed by atoms with van der Waals surface area (Å²) in [6, 6.07) is 0. The number of hydrogen-bond acceptors (Lipinski definition) is 15. The minimum Gasteiger partial charge on any atom is -0.462 e. The summed E-state index contributed by atoms with van der Waals surface area (Å²) in [5.41, 5.74) is 0. The highest BCUT2D eigenvalue weighted by Crippen LogP contribution is 2.45. The van der Waals surface area contributed by atoms with E-state index in [0.717, 1.165) is 186 Å². The van der Waals surface area contributed by atoms with Crippen molar-refractivity contribution in [3.05, 3.63) is 134 Å². The van der Waals surface area contributed by atoms with E-state index in [1.807, 2.05) is 0 Å². The van der Waals surface area contributed by atoms with E-state index in [0.29, 0.717) is 25.7 Å². The average Bonchev–Trinajstić information content (AvgIpc) is 0.928. The van der Waals surface area contributed by atoms with Crippen molar-refractivity contribution in [2.45, 2.75) is 341 Å². The molecule has 0 fully saturated rings. The maximum Gasteiger partial charge on any atom is 0.472 e. The first kappa shape index (κ1) is 99.2. The Balaban J connectivity index is 5.39. The maximum absolute atomic E-state index is 13.1. The number of carbonyl (C=O) groups excluding carboxylic acids is 4. The number of ether oxygens (including phenoxy) is 4. The smallest absolute Gasteiger partial charge is 0.462 e. The molecule has 0 saturated carbocycles. The first-order chi connectivity index (χ1) is 50.7. The molecular weight excluding hydrogens is 1350 g/mol. The Hall–Kier alpha value is -4.80. The van der Waals surface area contributed by atoms with Crippen molar-refractivity contribution in [1.29, 1.82) is 0 Å². The van der Waals surface area contributed by atoms with Gasteiger partial charge in [-0.1, -0.05) is 290 Å². The number of esters is 4. The molecule has 0 amide bonds. The van der Waals surface area contributed by atoms with Gasteiger partial charge in [0.1, 0.15) is 19.3 Å². The van der Waals surface area contributed by atoms with Gasteiger partial charge in [-0.2, -0.15) is 0 Å². The van der Waals surface area contributed by atoms with Gasteiger partial charge >= 0.3 is 39.5 Å². The standard InChI is InChI=1S/C85H144O17P2/c1-5-9-13-17-21-25-29-32-35-37-39-41-44-47-51-54-58-62-66-70-83(88)96-76-81(102-85(90)72-68-64-60-56-52-48-45-42-40-38-36-33-30-26-22-18-14-10-6-2)78-100-104(93,94)98-74-79(86)73-97-103(91,92)99-77-80(101-84(89)71-67-63-59-55-49-28-24-20-16-12-8-4)75-95-82(87)69-65-61-57-53-50-46-43-34-31-27-23-19-15-11-7-3/h9,11,13,15,21-23,25-27,32-36,39-43,50,53,79-81,86H,5-8,10,12,14,16-20,24,28-31,37-38,44-49,51-52,54-78H2,1-4H3,(H,91,92)(H,93,94)/b13-9-,15-11-,25-21-,26-22-,27-23-,35-32-,36-33-,41-39-,42-40-,43-34-,53-50-. The largest absolute Gasteiger partial charge is 0.472 e. The van der Waals surface area contributed by atoms with Crippen molar-refractivity contribution in [2.75, 3.05) is 39.6 Å². The fourth-order valence-electron chi connectivity index (χ4n) is 10.5. The number of carbonyl (C=O) groups is 4. The summed E-state index contributed by atoms with van der Waals surface area (Å²) < 4.78 is 68.6. The third-order valence-electron chi connectivity index (χ3n) is 16.6. The third kappa shape index (κ3) is 75.4. The molecule has 3 N–H and O–H groups in total. The number of aliphatic hydroxyl groups is 1. The highest BCUT2D eigenvalue weighted by Gasteiger charge is 2.30. The molecule has 0 aromatic carbocycles. The van der Waals surface area contributed by atoms with Gasteiger partial charge in [-0.15, -0.1) is 0 Å². The molecule has 17 nitrogen and oxygen atoms in total. The van der Waals surface area contributed by atoms with E-state index in [1.165, 1.54) is 57.8 Å². The Bertz CT molecular complexity index is 2490. The van der Waals surface area contributed by atoms with Crippen LogP contribution in [-0.2, 0) is 65.4 Å². The molecule has 0 spiro atoms. The van der Waals surface area contributed by atoms with Crippen LogP contribution in [-0.4, -0.2) is 96.7 Å². The summed E-state index contributed by atoms with van der Waals surface area (Å²) in [4.78, 5) is 73.0. The molecule has 0 radical (unpaired) electrons. The molecule has 5 unspecified atom stereocenters. The Morgan fingerprint density at radius 3 is 0.808 bits per heavy atom. The first-order valence-corrected chi connectivity index (χ1v) is 43.4. The lowest BCUT2D eigenvalue weighted by molar-refractivity contribution is -0.161. The van der Waals surface area contributed by atoms with Crippen LogP contribution >= 0.6 is 15.6 Å². The van der Waals surface area contributed by atoms with E-state index >= 15 is 0 Å². The van der Waals surface area contributed by atoms with Crippen molar-refractivity contribution in [2.24, 2.45) is 0 Å². The SMILES string of the molecule is CC/C=C\C/C=C\C/C=C\C/C=C\CCCCCCCCC(=O)OCC(COP(=O)(O)OCC(O)COP(=O)(O)OCC(COC(=O)CCCC/C=C\C/C=C\C/C=C\C/C=C\CC)OC(=O)CCCCCCCCCCCCC)OC(=O)CCCCCCCC/C=C\C/C=C\C/C=C\CCCCC. The number of unbranched alkanes of at least 4 members (excludes halogenated alkanes) is 27. The maximum atomic E-state index is 13.1. The molecule has 0 bridgehead atoms. The lowest BCUT2D eigenvalue weighted by Gasteiger charge is -2.21. The number of allylic oxidation sites excluding steroid dienone is 22. The van der Waals surface area contributed by atoms with E-state index < -0.39 is 97.5 Å². The molecule has 0 heterocycles. The van der Waals surface area contributed by atoms with Gasteiger partial charge in [0.25, 0.3) is 0 Å². The Labute approximate surface area is 631 Å². The molecule has 0 aliphatic carbocycles. The number of hydrogen-bond donors (Lipinski definition) is 3. The molecule has 19 heteroatoms. The van der Waals surface area contributed by atoms with Gasteiger partial charge < -0.3 is 33.8 Å². The Morgan fingerprint density at radius 1 is 0.279 bits per heavy atom. The minimum atomic E-state index is -4.99. The topological polar surface area (TPSA) is 237 Å². The van der Waals surface area contributed by atoms with E-state index in [-0.39, 0.29) is 25.7 Å². The molecule has 596 valence electrons. The molecule has 0 aliphatic rings. The van der Waals surface area contributed by atoms with Gasteiger partial charge in [0.15, 0.2) is 12.2 Å². The van der Waals surface area contributed by atoms with Crippen LogP contribution < -0.4 is 0 Å². The van der Waals surface area contributed by atoms with Crippen molar-refractivity contribution >= 4 is 39.5 Å². The lowest BCUT2D eigenvalue weighted by Crippen LogP contribution is -2.30. The highest BCUT2D eigenvalue weighted by molar-refractivity contribution is 7.47. The van der Waals surface area contributed by atoms with Crippen LogP contribution in [0.3, 0.4) is 0 Å². The van der Waals surface area contributed by atoms with Gasteiger partial charge in [-0.05, 0) is 141 Å². The molecule has 0 aromatic rings. The summed E-state index contributed by atoms with van der Waals surface area (Å²) >= 11 is 0. The van der Waals surface area contributed by atoms with E-state index in [2.05, 4.69) is 161 Å². The predicted octanol–water partition coefficient (Wildman–Crippen LogP) is 23.7. The second kappa shape index (κ2) is 76.4. The summed E-state index contributed by atoms with van der Waals surface area (Å²) in [6.45, 7) is 4.55. The second-order valence-corrected chi connectivity index (χ2v) is 29.5. The van der Waals surface area contributed by atoms with E-state index in [4.69, 9.17) is 37.0 Å². The van der Waals surface area contributed by atoms with Crippen molar-refractivity contribution in [1.82, 2.24) is 0 Å². The second-order valence-electron chi connectivity index (χ2n) is 26.6. The lowest BCUT2D eigenvalue weighted by atomic mass is 10.1. The van der Waals surface area contributed by atoms with Gasteiger partial charge in [0, 0.05) is 25.7 Å². The molecule has 0 aliphatic heterocycles. The van der Waals surface area contributed by atoms with Crippen molar-refractivity contribution < 1.29 is 80.2 Å². The van der Waals surface area contributed by atoms with Crippen molar-refractivity contribution in [3.63, 3.8) is 0 Å². The number of rotatable bonds is 75. The van der Waals surface area contributed by atoms with Crippen LogP contribution in [0.25, 0.3) is 0 Å². The van der Waals surface area contributed by atoms with Crippen LogP contribution in [0, 0.1) is 0 Å². The number of phosphoric ester groups is 2. The van der Waals surface area contributed by atoms with Gasteiger partial charge in [-0.25, -0.2) is 9.13 Å². The molecular formula is C85H144O17P2. The Morgan fingerprint density at radius 2 is 0.500 bits per heavy atom. The highest BCUT2D eigenvalue weighted by atomic mass is 31.2. The van der Waals surface area contributed by atoms with Crippen molar-refractivity contribution in [3.8, 4) is 0 Å². The van der Waals surface area contributed by atoms with Crippen LogP contribution in [0.2, 0.25) is 0 Å². The summed E-state index contributed by atoms with van der Waals surface area (Å²) in [6.07, 6.45) is 85.7. The summed E-state index contributed by atoms with van der Waals surface area (Å²) in [5.74, 6) is -2.25. The van der Waals surface area contributed by atoms with Crippen LogP contribution in [0.15, 0.2) is 134 Å². The van der Waals surface area contributed by atoms with Crippen LogP contribution in [0.5, 0.6) is 0 Å². The molecule has 0 rings (SSSR count). The zero-order valence-corrected chi connectivity index (χ0v) is 66.9. The molecule has 104 heavy (non-hydrogen) atoms. The average molecular weight is 1500 g/mol. The Kier molecular flexibility index (Phi) is 72.9. The van der Waals surface area contributed by atoms with Crippen LogP contribution in [0.4, 0.5) is 0 Å². The fourth-order valence-corrected chi connectivity index (χ4v) is 12.1. The summed E-state index contributed by atoms with van der Waals surface area (Å²) in [7, 11) is -9.98. The van der Waals surface area contributed by atoms with Crippen LogP contribution in [0.1, 0.15) is 323 Å². The number of phosphoric acid groups is 2. The van der Waals surface area contributed by atoms with E-state index in [1.54, 1.807) is 0 Å².